The highest BCUT2D eigenvalue weighted by molar-refractivity contribution is 5.61. The number of nitrogens with zero attached hydrogens (tertiary/aromatic N) is 2. The molecule has 0 bridgehead atoms. The second kappa shape index (κ2) is 6.25. The minimum atomic E-state index is -0.116. The maximum absolute atomic E-state index is 9.40. The summed E-state index contributed by atoms with van der Waals surface area (Å²) in [5, 5.41) is 12.5. The molecule has 1 atom stereocenters. The predicted octanol–water partition coefficient (Wildman–Crippen LogP) is 2.28. The van der Waals surface area contributed by atoms with E-state index in [1.165, 1.54) is 0 Å². The normalized spacial score (nSPS) is 22.6. The van der Waals surface area contributed by atoms with E-state index in [1.807, 2.05) is 13.1 Å². The summed E-state index contributed by atoms with van der Waals surface area (Å²) in [6.07, 6.45) is 2.16. The Hall–Kier alpha value is -1.57. The Morgan fingerprint density at radius 1 is 1.50 bits per heavy atom. The molecule has 108 valence electrons. The lowest BCUT2D eigenvalue weighted by molar-refractivity contribution is -0.00466. The summed E-state index contributed by atoms with van der Waals surface area (Å²) in [7, 11) is 3.68. The molecule has 1 unspecified atom stereocenters. The Kier molecular flexibility index (Phi) is 4.64. The number of rotatable bonds is 4. The number of piperidine rings is 1. The van der Waals surface area contributed by atoms with Crippen LogP contribution in [-0.2, 0) is 11.3 Å². The molecule has 4 nitrogen and oxygen atoms in total. The van der Waals surface area contributed by atoms with Crippen LogP contribution in [0.1, 0.15) is 30.9 Å². The van der Waals surface area contributed by atoms with Crippen LogP contribution in [0.15, 0.2) is 18.2 Å². The maximum atomic E-state index is 9.40. The van der Waals surface area contributed by atoms with Crippen LogP contribution in [0, 0.1) is 11.3 Å². The van der Waals surface area contributed by atoms with Gasteiger partial charge in [0.05, 0.1) is 16.9 Å². The van der Waals surface area contributed by atoms with Gasteiger partial charge < -0.3 is 15.0 Å². The second-order valence-electron chi connectivity index (χ2n) is 5.67. The number of anilines is 1. The van der Waals surface area contributed by atoms with E-state index in [0.717, 1.165) is 49.3 Å². The minimum absolute atomic E-state index is 0.116. The molecule has 0 spiro atoms. The molecule has 0 amide bonds. The summed E-state index contributed by atoms with van der Waals surface area (Å²) in [5.41, 5.74) is 2.79. The van der Waals surface area contributed by atoms with Crippen LogP contribution < -0.4 is 10.2 Å². The van der Waals surface area contributed by atoms with Crippen molar-refractivity contribution in [2.24, 2.45) is 0 Å². The van der Waals surface area contributed by atoms with Gasteiger partial charge in [0.15, 0.2) is 0 Å². The summed E-state index contributed by atoms with van der Waals surface area (Å²) in [6, 6.07) is 8.45. The first-order chi connectivity index (χ1) is 9.61. The fourth-order valence-electron chi connectivity index (χ4n) is 2.84. The molecule has 0 aliphatic carbocycles. The van der Waals surface area contributed by atoms with Crippen molar-refractivity contribution in [1.29, 1.82) is 5.26 Å². The van der Waals surface area contributed by atoms with E-state index in [2.05, 4.69) is 35.3 Å². The molecule has 1 saturated heterocycles. The molecule has 1 heterocycles. The SMILES string of the molecule is CNCc1ccc(N2CCCC(C)(OC)C2)c(C#N)c1. The van der Waals surface area contributed by atoms with E-state index in [9.17, 15) is 5.26 Å². The molecule has 0 aromatic heterocycles. The van der Waals surface area contributed by atoms with Crippen LogP contribution in [-0.4, -0.2) is 32.8 Å². The van der Waals surface area contributed by atoms with Gasteiger partial charge in [-0.05, 0) is 44.5 Å². The molecule has 20 heavy (non-hydrogen) atoms. The Labute approximate surface area is 121 Å². The summed E-state index contributed by atoms with van der Waals surface area (Å²) < 4.78 is 5.63. The Bertz CT molecular complexity index is 509. The van der Waals surface area contributed by atoms with E-state index in [4.69, 9.17) is 4.74 Å². The van der Waals surface area contributed by atoms with E-state index >= 15 is 0 Å². The van der Waals surface area contributed by atoms with Gasteiger partial charge in [-0.25, -0.2) is 0 Å². The fourth-order valence-corrected chi connectivity index (χ4v) is 2.84. The van der Waals surface area contributed by atoms with Gasteiger partial charge in [0, 0.05) is 26.7 Å². The number of hydrogen-bond acceptors (Lipinski definition) is 4. The van der Waals surface area contributed by atoms with E-state index in [-0.39, 0.29) is 5.60 Å². The molecule has 1 aliphatic heterocycles. The molecule has 1 aromatic carbocycles. The molecule has 1 N–H and O–H groups in total. The number of methoxy groups -OCH3 is 1. The zero-order valence-corrected chi connectivity index (χ0v) is 12.6. The fraction of sp³-hybridized carbons (Fsp3) is 0.562. The first-order valence-electron chi connectivity index (χ1n) is 7.09. The quantitative estimate of drug-likeness (QED) is 0.914. The Morgan fingerprint density at radius 2 is 2.30 bits per heavy atom. The average molecular weight is 273 g/mol. The lowest BCUT2D eigenvalue weighted by atomic mass is 9.93. The molecule has 4 heteroatoms. The number of nitrogens with one attached hydrogen (secondary N) is 1. The van der Waals surface area contributed by atoms with Gasteiger partial charge in [-0.15, -0.1) is 0 Å². The van der Waals surface area contributed by atoms with Gasteiger partial charge in [-0.3, -0.25) is 0 Å². The van der Waals surface area contributed by atoms with Gasteiger partial charge in [-0.1, -0.05) is 6.07 Å². The van der Waals surface area contributed by atoms with E-state index in [0.29, 0.717) is 0 Å². The van der Waals surface area contributed by atoms with Crippen molar-refractivity contribution in [1.82, 2.24) is 5.32 Å². The number of benzene rings is 1. The first kappa shape index (κ1) is 14.8. The number of nitriles is 1. The smallest absolute Gasteiger partial charge is 0.101 e. The molecule has 1 fully saturated rings. The zero-order chi connectivity index (χ0) is 14.6. The van der Waals surface area contributed by atoms with E-state index < -0.39 is 0 Å². The van der Waals surface area contributed by atoms with Crippen molar-refractivity contribution in [2.75, 3.05) is 32.1 Å². The summed E-state index contributed by atoms with van der Waals surface area (Å²) in [6.45, 7) is 4.74. The zero-order valence-electron chi connectivity index (χ0n) is 12.6. The van der Waals surface area contributed by atoms with E-state index in [1.54, 1.807) is 7.11 Å². The summed E-state index contributed by atoms with van der Waals surface area (Å²) in [4.78, 5) is 2.27. The largest absolute Gasteiger partial charge is 0.377 e. The standard InChI is InChI=1S/C16H23N3O/c1-16(20-3)7-4-8-19(12-16)15-6-5-13(11-18-2)9-14(15)10-17/h5-6,9,18H,4,7-8,11-12H2,1-3H3. The van der Waals surface area contributed by atoms with Gasteiger partial charge in [-0.2, -0.15) is 5.26 Å². The third kappa shape index (κ3) is 3.12. The Balaban J connectivity index is 2.26. The predicted molar refractivity (Wildman–Crippen MR) is 80.8 cm³/mol. The average Bonchev–Trinajstić information content (AvgIpc) is 2.47. The van der Waals surface area contributed by atoms with Crippen LogP contribution in [0.2, 0.25) is 0 Å². The molecule has 1 aromatic rings. The van der Waals surface area contributed by atoms with Gasteiger partial charge in [0.2, 0.25) is 0 Å². The Morgan fingerprint density at radius 3 is 2.95 bits per heavy atom. The van der Waals surface area contributed by atoms with Crippen molar-refractivity contribution in [3.63, 3.8) is 0 Å². The molecule has 0 saturated carbocycles. The lowest BCUT2D eigenvalue weighted by Crippen LogP contribution is -2.47. The molecule has 2 rings (SSSR count). The molecule has 1 aliphatic rings. The van der Waals surface area contributed by atoms with Gasteiger partial charge >= 0.3 is 0 Å². The highest BCUT2D eigenvalue weighted by atomic mass is 16.5. The first-order valence-corrected chi connectivity index (χ1v) is 7.09. The van der Waals surface area contributed by atoms with Crippen LogP contribution in [0.4, 0.5) is 5.69 Å². The van der Waals surface area contributed by atoms with Gasteiger partial charge in [0.25, 0.3) is 0 Å². The van der Waals surface area contributed by atoms with Crippen molar-refractivity contribution in [2.45, 2.75) is 31.9 Å². The molecule has 0 radical (unpaired) electrons. The van der Waals surface area contributed by atoms with Crippen LogP contribution in [0.3, 0.4) is 0 Å². The second-order valence-corrected chi connectivity index (χ2v) is 5.67. The summed E-state index contributed by atoms with van der Waals surface area (Å²) in [5.74, 6) is 0. The summed E-state index contributed by atoms with van der Waals surface area (Å²) >= 11 is 0. The topological polar surface area (TPSA) is 48.3 Å². The van der Waals surface area contributed by atoms with Crippen molar-refractivity contribution in [3.8, 4) is 6.07 Å². The third-order valence-corrected chi connectivity index (χ3v) is 4.05. The molecular weight excluding hydrogens is 250 g/mol. The van der Waals surface area contributed by atoms with Crippen molar-refractivity contribution in [3.05, 3.63) is 29.3 Å². The van der Waals surface area contributed by atoms with Crippen molar-refractivity contribution < 1.29 is 4.74 Å². The lowest BCUT2D eigenvalue weighted by Gasteiger charge is -2.41. The maximum Gasteiger partial charge on any atom is 0.101 e. The monoisotopic (exact) mass is 273 g/mol. The van der Waals surface area contributed by atoms with Crippen molar-refractivity contribution >= 4 is 5.69 Å². The number of ether oxygens (including phenoxy) is 1. The van der Waals surface area contributed by atoms with Crippen LogP contribution in [0.25, 0.3) is 0 Å². The highest BCUT2D eigenvalue weighted by Crippen LogP contribution is 2.30. The van der Waals surface area contributed by atoms with Crippen LogP contribution in [0.5, 0.6) is 0 Å². The minimum Gasteiger partial charge on any atom is -0.377 e. The van der Waals surface area contributed by atoms with Crippen LogP contribution >= 0.6 is 0 Å². The molecular formula is C16H23N3O. The number of hydrogen-bond donors (Lipinski definition) is 1. The highest BCUT2D eigenvalue weighted by Gasteiger charge is 2.31. The van der Waals surface area contributed by atoms with Gasteiger partial charge in [0.1, 0.15) is 6.07 Å². The third-order valence-electron chi connectivity index (χ3n) is 4.05.